The highest BCUT2D eigenvalue weighted by molar-refractivity contribution is 5.77. The van der Waals surface area contributed by atoms with E-state index in [4.69, 9.17) is 0 Å². The van der Waals surface area contributed by atoms with Gasteiger partial charge in [-0.15, -0.1) is 0 Å². The number of fused-ring (bicyclic) bond motifs is 2. The molecule has 3 rings (SSSR count). The molecule has 2 saturated heterocycles. The van der Waals surface area contributed by atoms with E-state index in [0.29, 0.717) is 19.1 Å². The van der Waals surface area contributed by atoms with Crippen LogP contribution < -0.4 is 5.32 Å². The van der Waals surface area contributed by atoms with Gasteiger partial charge in [0.25, 0.3) is 0 Å². The number of carbonyl (C=O) groups excluding carboxylic acids is 1. The van der Waals surface area contributed by atoms with Crippen molar-refractivity contribution >= 4 is 5.91 Å². The largest absolute Gasteiger partial charge is 0.396 e. The van der Waals surface area contributed by atoms with Crippen molar-refractivity contribution in [3.8, 4) is 0 Å². The second-order valence-corrected chi connectivity index (χ2v) is 6.48. The molecule has 0 aliphatic carbocycles. The Labute approximate surface area is 133 Å². The molecule has 1 N–H and O–H groups in total. The minimum Gasteiger partial charge on any atom is -0.341 e. The molecule has 0 saturated carbocycles. The predicted octanol–water partition coefficient (Wildman–Crippen LogP) is 3.08. The van der Waals surface area contributed by atoms with Gasteiger partial charge in [-0.05, 0) is 24.8 Å². The number of alkyl halides is 3. The molecule has 2 heterocycles. The molecule has 0 aromatic heterocycles. The number of benzene rings is 1. The van der Waals surface area contributed by atoms with E-state index in [-0.39, 0.29) is 11.6 Å². The zero-order chi connectivity index (χ0) is 16.4. The molecule has 3 unspecified atom stereocenters. The quantitative estimate of drug-likeness (QED) is 0.926. The molecule has 126 valence electrons. The van der Waals surface area contributed by atoms with Crippen molar-refractivity contribution in [3.05, 3.63) is 35.9 Å². The van der Waals surface area contributed by atoms with Gasteiger partial charge in [0.15, 0.2) is 0 Å². The van der Waals surface area contributed by atoms with E-state index in [2.05, 4.69) is 5.32 Å². The molecular weight excluding hydrogens is 305 g/mol. The molecule has 0 spiro atoms. The zero-order valence-electron chi connectivity index (χ0n) is 12.9. The van der Waals surface area contributed by atoms with Gasteiger partial charge in [-0.2, -0.15) is 13.2 Å². The van der Waals surface area contributed by atoms with Gasteiger partial charge in [0.1, 0.15) is 0 Å². The first-order valence-electron chi connectivity index (χ1n) is 8.09. The summed E-state index contributed by atoms with van der Waals surface area (Å²) in [6.07, 6.45) is -2.01. The Bertz CT molecular complexity index is 547. The first-order valence-corrected chi connectivity index (χ1v) is 8.09. The third-order valence-electron chi connectivity index (χ3n) is 4.85. The molecule has 1 aromatic carbocycles. The van der Waals surface area contributed by atoms with Crippen LogP contribution in [0.2, 0.25) is 0 Å². The van der Waals surface area contributed by atoms with Crippen LogP contribution in [-0.2, 0) is 4.79 Å². The van der Waals surface area contributed by atoms with Crippen molar-refractivity contribution in [2.24, 2.45) is 0 Å². The monoisotopic (exact) mass is 326 g/mol. The van der Waals surface area contributed by atoms with Crippen LogP contribution in [0.25, 0.3) is 0 Å². The lowest BCUT2D eigenvalue weighted by Crippen LogP contribution is -2.40. The Kier molecular flexibility index (Phi) is 4.62. The number of hydrogen-bond donors (Lipinski definition) is 1. The molecule has 2 aliphatic heterocycles. The van der Waals surface area contributed by atoms with E-state index in [1.165, 1.54) is 12.1 Å². The van der Waals surface area contributed by atoms with Crippen molar-refractivity contribution in [2.75, 3.05) is 13.1 Å². The summed E-state index contributed by atoms with van der Waals surface area (Å²) in [6, 6.07) is 8.35. The zero-order valence-corrected chi connectivity index (χ0v) is 12.9. The molecule has 3 nitrogen and oxygen atoms in total. The number of likely N-dealkylation sites (tertiary alicyclic amines) is 1. The van der Waals surface area contributed by atoms with Crippen LogP contribution in [0.15, 0.2) is 30.3 Å². The van der Waals surface area contributed by atoms with E-state index < -0.39 is 24.4 Å². The standard InChI is InChI=1S/C17H21F3N2O/c18-17(19,20)15(12-4-2-1-3-5-12)10-16(23)22-9-8-13-6-7-14(11-22)21-13/h1-5,13-15,21H,6-11H2. The minimum absolute atomic E-state index is 0.155. The summed E-state index contributed by atoms with van der Waals surface area (Å²) in [4.78, 5) is 14.1. The van der Waals surface area contributed by atoms with E-state index in [9.17, 15) is 18.0 Å². The first-order chi connectivity index (χ1) is 10.9. The van der Waals surface area contributed by atoms with Crippen LogP contribution in [-0.4, -0.2) is 42.2 Å². The fourth-order valence-corrected chi connectivity index (χ4v) is 3.58. The minimum atomic E-state index is -4.42. The molecule has 2 fully saturated rings. The topological polar surface area (TPSA) is 32.3 Å². The van der Waals surface area contributed by atoms with Gasteiger partial charge in [-0.25, -0.2) is 0 Å². The maximum absolute atomic E-state index is 13.4. The third-order valence-corrected chi connectivity index (χ3v) is 4.85. The van der Waals surface area contributed by atoms with Gasteiger partial charge in [-0.3, -0.25) is 4.79 Å². The number of halogens is 3. The van der Waals surface area contributed by atoms with Crippen molar-refractivity contribution in [1.29, 1.82) is 0 Å². The highest BCUT2D eigenvalue weighted by Gasteiger charge is 2.43. The number of carbonyl (C=O) groups is 1. The van der Waals surface area contributed by atoms with Gasteiger partial charge in [0.05, 0.1) is 5.92 Å². The number of amides is 1. The summed E-state index contributed by atoms with van der Waals surface area (Å²) in [5.41, 5.74) is 0.155. The fraction of sp³-hybridized carbons (Fsp3) is 0.588. The number of nitrogens with zero attached hydrogens (tertiary/aromatic N) is 1. The van der Waals surface area contributed by atoms with Crippen molar-refractivity contribution < 1.29 is 18.0 Å². The summed E-state index contributed by atoms with van der Waals surface area (Å²) in [5, 5.41) is 3.44. The van der Waals surface area contributed by atoms with E-state index in [1.807, 2.05) is 0 Å². The molecule has 2 bridgehead atoms. The van der Waals surface area contributed by atoms with Crippen molar-refractivity contribution in [2.45, 2.75) is 49.9 Å². The molecule has 23 heavy (non-hydrogen) atoms. The predicted molar refractivity (Wildman–Crippen MR) is 81.0 cm³/mol. The molecule has 3 atom stereocenters. The van der Waals surface area contributed by atoms with Crippen LogP contribution in [0.4, 0.5) is 13.2 Å². The van der Waals surface area contributed by atoms with Gasteiger partial charge in [0, 0.05) is 31.6 Å². The maximum Gasteiger partial charge on any atom is 0.396 e. The fourth-order valence-electron chi connectivity index (χ4n) is 3.58. The summed E-state index contributed by atoms with van der Waals surface area (Å²) < 4.78 is 40.1. The number of nitrogens with one attached hydrogen (secondary N) is 1. The SMILES string of the molecule is O=C(CC(c1ccccc1)C(F)(F)F)N1CCC2CCC(C1)N2. The lowest BCUT2D eigenvalue weighted by molar-refractivity contribution is -0.160. The van der Waals surface area contributed by atoms with E-state index in [1.54, 1.807) is 23.1 Å². The molecular formula is C17H21F3N2O. The summed E-state index contributed by atoms with van der Waals surface area (Å²) >= 11 is 0. The van der Waals surface area contributed by atoms with Crippen LogP contribution in [0.5, 0.6) is 0 Å². The molecule has 6 heteroatoms. The summed E-state index contributed by atoms with van der Waals surface area (Å²) in [5.74, 6) is -2.13. The Balaban J connectivity index is 1.71. The second-order valence-electron chi connectivity index (χ2n) is 6.48. The number of hydrogen-bond acceptors (Lipinski definition) is 2. The molecule has 0 radical (unpaired) electrons. The molecule has 1 amide bonds. The van der Waals surface area contributed by atoms with Crippen LogP contribution >= 0.6 is 0 Å². The van der Waals surface area contributed by atoms with Gasteiger partial charge < -0.3 is 10.2 Å². The molecule has 2 aliphatic rings. The van der Waals surface area contributed by atoms with E-state index in [0.717, 1.165) is 19.3 Å². The van der Waals surface area contributed by atoms with Crippen molar-refractivity contribution in [3.63, 3.8) is 0 Å². The highest BCUT2D eigenvalue weighted by atomic mass is 19.4. The number of rotatable bonds is 3. The Morgan fingerprint density at radius 1 is 1.17 bits per heavy atom. The first kappa shape index (κ1) is 16.3. The van der Waals surface area contributed by atoms with Gasteiger partial charge in [-0.1, -0.05) is 30.3 Å². The summed E-state index contributed by atoms with van der Waals surface area (Å²) in [7, 11) is 0. The summed E-state index contributed by atoms with van der Waals surface area (Å²) in [6.45, 7) is 1.07. The van der Waals surface area contributed by atoms with E-state index >= 15 is 0 Å². The normalized spacial score (nSPS) is 26.0. The van der Waals surface area contributed by atoms with Crippen molar-refractivity contribution in [1.82, 2.24) is 10.2 Å². The Morgan fingerprint density at radius 3 is 2.57 bits per heavy atom. The Hall–Kier alpha value is -1.56. The lowest BCUT2D eigenvalue weighted by atomic mass is 9.94. The smallest absolute Gasteiger partial charge is 0.341 e. The average molecular weight is 326 g/mol. The Morgan fingerprint density at radius 2 is 1.87 bits per heavy atom. The molecule has 1 aromatic rings. The average Bonchev–Trinajstić information content (AvgIpc) is 2.83. The second kappa shape index (κ2) is 6.51. The van der Waals surface area contributed by atoms with Crippen LogP contribution in [0.3, 0.4) is 0 Å². The van der Waals surface area contributed by atoms with Crippen LogP contribution in [0.1, 0.15) is 37.2 Å². The maximum atomic E-state index is 13.4. The van der Waals surface area contributed by atoms with Crippen LogP contribution in [0, 0.1) is 0 Å². The lowest BCUT2D eigenvalue weighted by Gasteiger charge is -2.27. The van der Waals surface area contributed by atoms with Gasteiger partial charge >= 0.3 is 6.18 Å². The highest BCUT2D eigenvalue weighted by Crippen LogP contribution is 2.38. The third kappa shape index (κ3) is 3.86. The van der Waals surface area contributed by atoms with Gasteiger partial charge in [0.2, 0.25) is 5.91 Å².